The predicted octanol–water partition coefficient (Wildman–Crippen LogP) is 3.33. The zero-order chi connectivity index (χ0) is 20.6. The number of hydrogen-bond acceptors (Lipinski definition) is 4. The van der Waals surface area contributed by atoms with Crippen molar-refractivity contribution < 1.29 is 27.9 Å². The molecule has 0 bridgehead atoms. The molecule has 0 aromatic heterocycles. The van der Waals surface area contributed by atoms with E-state index in [1.165, 1.54) is 12.1 Å². The van der Waals surface area contributed by atoms with Gasteiger partial charge in [-0.3, -0.25) is 19.4 Å². The smallest absolute Gasteiger partial charge is 0.410 e. The van der Waals surface area contributed by atoms with Gasteiger partial charge in [0.15, 0.2) is 0 Å². The Labute approximate surface area is 165 Å². The van der Waals surface area contributed by atoms with Crippen LogP contribution in [0.15, 0.2) is 54.6 Å². The second-order valence-corrected chi connectivity index (χ2v) is 7.03. The lowest BCUT2D eigenvalue weighted by Crippen LogP contribution is -2.51. The Kier molecular flexibility index (Phi) is 4.77. The van der Waals surface area contributed by atoms with Gasteiger partial charge in [0, 0.05) is 13.0 Å². The maximum absolute atomic E-state index is 14.5. The number of hydrogen-bond donors (Lipinski definition) is 0. The van der Waals surface area contributed by atoms with Crippen LogP contribution in [0.25, 0.3) is 0 Å². The molecule has 2 aromatic carbocycles. The van der Waals surface area contributed by atoms with Crippen LogP contribution in [0, 0.1) is 0 Å². The van der Waals surface area contributed by atoms with Crippen molar-refractivity contribution in [2.75, 3.05) is 13.1 Å². The molecule has 150 valence electrons. The summed E-state index contributed by atoms with van der Waals surface area (Å²) in [6, 6.07) is 13.4. The first kappa shape index (κ1) is 19.0. The van der Waals surface area contributed by atoms with Gasteiger partial charge in [0.25, 0.3) is 17.7 Å². The summed E-state index contributed by atoms with van der Waals surface area (Å²) >= 11 is 0. The fourth-order valence-corrected chi connectivity index (χ4v) is 3.65. The molecule has 0 aliphatic carbocycles. The summed E-state index contributed by atoms with van der Waals surface area (Å²) in [6.07, 6.45) is -1.45. The zero-order valence-corrected chi connectivity index (χ0v) is 15.4. The highest BCUT2D eigenvalue weighted by molar-refractivity contribution is 6.21. The van der Waals surface area contributed by atoms with Gasteiger partial charge in [0.2, 0.25) is 0 Å². The Bertz CT molecular complexity index is 929. The Morgan fingerprint density at radius 1 is 1.00 bits per heavy atom. The third kappa shape index (κ3) is 3.46. The quantitative estimate of drug-likeness (QED) is 0.739. The van der Waals surface area contributed by atoms with E-state index < -0.39 is 42.8 Å². The molecule has 0 spiro atoms. The second-order valence-electron chi connectivity index (χ2n) is 7.03. The van der Waals surface area contributed by atoms with Crippen LogP contribution < -0.4 is 0 Å². The molecule has 0 unspecified atom stereocenters. The van der Waals surface area contributed by atoms with Gasteiger partial charge in [0.05, 0.1) is 17.7 Å². The molecule has 3 amide bonds. The number of benzene rings is 2. The fourth-order valence-electron chi connectivity index (χ4n) is 3.65. The molecule has 2 aromatic rings. The standard InChI is InChI=1S/C21H18F2N2O4/c22-21(23)10-11-24(20(28)29-13-14-6-2-1-3-7-14)17(21)12-25-18(26)15-8-4-5-9-16(15)19(25)27/h1-9,17H,10-13H2/t17-/m1/s1. The molecule has 29 heavy (non-hydrogen) atoms. The van der Waals surface area contributed by atoms with E-state index in [1.54, 1.807) is 36.4 Å². The number of carbonyl (C=O) groups is 3. The van der Waals surface area contributed by atoms with Gasteiger partial charge in [-0.05, 0) is 17.7 Å². The summed E-state index contributed by atoms with van der Waals surface area (Å²) in [5.74, 6) is -4.50. The molecule has 0 radical (unpaired) electrons. The molecule has 6 nitrogen and oxygen atoms in total. The lowest BCUT2D eigenvalue weighted by Gasteiger charge is -2.29. The van der Waals surface area contributed by atoms with Crippen molar-refractivity contribution in [3.8, 4) is 0 Å². The van der Waals surface area contributed by atoms with Crippen molar-refractivity contribution in [1.82, 2.24) is 9.80 Å². The number of ether oxygens (including phenoxy) is 1. The number of halogens is 2. The second kappa shape index (κ2) is 7.27. The van der Waals surface area contributed by atoms with Crippen LogP contribution >= 0.6 is 0 Å². The van der Waals surface area contributed by atoms with E-state index in [9.17, 15) is 23.2 Å². The SMILES string of the molecule is O=C1c2ccccc2C(=O)N1C[C@H]1N(C(=O)OCc2ccccc2)CCC1(F)F. The molecular formula is C21H18F2N2O4. The van der Waals surface area contributed by atoms with E-state index in [2.05, 4.69) is 0 Å². The maximum atomic E-state index is 14.5. The Balaban J connectivity index is 1.49. The molecule has 8 heteroatoms. The topological polar surface area (TPSA) is 66.9 Å². The van der Waals surface area contributed by atoms with Gasteiger partial charge >= 0.3 is 6.09 Å². The monoisotopic (exact) mass is 400 g/mol. The molecule has 1 fully saturated rings. The first-order valence-corrected chi connectivity index (χ1v) is 9.19. The molecule has 1 saturated heterocycles. The molecular weight excluding hydrogens is 382 g/mol. The highest BCUT2D eigenvalue weighted by Gasteiger charge is 2.53. The summed E-state index contributed by atoms with van der Waals surface area (Å²) in [5, 5.41) is 0. The van der Waals surface area contributed by atoms with Gasteiger partial charge in [0.1, 0.15) is 12.6 Å². The minimum atomic E-state index is -3.24. The van der Waals surface area contributed by atoms with E-state index in [1.807, 2.05) is 6.07 Å². The highest BCUT2D eigenvalue weighted by atomic mass is 19.3. The van der Waals surface area contributed by atoms with E-state index in [-0.39, 0.29) is 24.3 Å². The van der Waals surface area contributed by atoms with Crippen LogP contribution in [-0.2, 0) is 11.3 Å². The van der Waals surface area contributed by atoms with Crippen LogP contribution in [0.4, 0.5) is 13.6 Å². The minimum absolute atomic E-state index is 0.0541. The van der Waals surface area contributed by atoms with E-state index in [4.69, 9.17) is 4.74 Å². The number of amides is 3. The Morgan fingerprint density at radius 2 is 1.59 bits per heavy atom. The number of imide groups is 1. The molecule has 0 saturated carbocycles. The minimum Gasteiger partial charge on any atom is -0.445 e. The van der Waals surface area contributed by atoms with Crippen LogP contribution in [-0.4, -0.2) is 52.8 Å². The lowest BCUT2D eigenvalue weighted by atomic mass is 10.1. The highest BCUT2D eigenvalue weighted by Crippen LogP contribution is 2.36. The van der Waals surface area contributed by atoms with Crippen molar-refractivity contribution in [2.45, 2.75) is 25.0 Å². The first-order valence-electron chi connectivity index (χ1n) is 9.19. The maximum Gasteiger partial charge on any atom is 0.410 e. The average Bonchev–Trinajstić information content (AvgIpc) is 3.16. The van der Waals surface area contributed by atoms with Crippen molar-refractivity contribution >= 4 is 17.9 Å². The van der Waals surface area contributed by atoms with Crippen LogP contribution in [0.5, 0.6) is 0 Å². The lowest BCUT2D eigenvalue weighted by molar-refractivity contribution is -0.0388. The van der Waals surface area contributed by atoms with Crippen molar-refractivity contribution in [3.05, 3.63) is 71.3 Å². The number of nitrogens with zero attached hydrogens (tertiary/aromatic N) is 2. The number of likely N-dealkylation sites (tertiary alicyclic amines) is 1. The zero-order valence-electron chi connectivity index (χ0n) is 15.4. The van der Waals surface area contributed by atoms with Crippen molar-refractivity contribution in [1.29, 1.82) is 0 Å². The Hall–Kier alpha value is -3.29. The van der Waals surface area contributed by atoms with Crippen molar-refractivity contribution in [3.63, 3.8) is 0 Å². The third-order valence-electron chi connectivity index (χ3n) is 5.22. The number of rotatable bonds is 4. The van der Waals surface area contributed by atoms with Gasteiger partial charge in [-0.15, -0.1) is 0 Å². The molecule has 2 aliphatic rings. The molecule has 0 N–H and O–H groups in total. The van der Waals surface area contributed by atoms with E-state index in [0.29, 0.717) is 0 Å². The van der Waals surface area contributed by atoms with Gasteiger partial charge < -0.3 is 4.74 Å². The normalized spacial score (nSPS) is 20.1. The van der Waals surface area contributed by atoms with Gasteiger partial charge in [-0.1, -0.05) is 42.5 Å². The van der Waals surface area contributed by atoms with Crippen LogP contribution in [0.1, 0.15) is 32.7 Å². The summed E-state index contributed by atoms with van der Waals surface area (Å²) in [7, 11) is 0. The van der Waals surface area contributed by atoms with E-state index in [0.717, 1.165) is 15.4 Å². The summed E-state index contributed by atoms with van der Waals surface area (Å²) in [4.78, 5) is 39.2. The third-order valence-corrected chi connectivity index (χ3v) is 5.22. The molecule has 2 aliphatic heterocycles. The number of fused-ring (bicyclic) bond motifs is 1. The van der Waals surface area contributed by atoms with Crippen LogP contribution in [0.3, 0.4) is 0 Å². The fraction of sp³-hybridized carbons (Fsp3) is 0.286. The van der Waals surface area contributed by atoms with Crippen LogP contribution in [0.2, 0.25) is 0 Å². The average molecular weight is 400 g/mol. The summed E-state index contributed by atoms with van der Waals surface area (Å²) in [6.45, 7) is -0.851. The first-order chi connectivity index (χ1) is 13.9. The molecule has 1 atom stereocenters. The van der Waals surface area contributed by atoms with E-state index >= 15 is 0 Å². The number of carbonyl (C=O) groups excluding carboxylic acids is 3. The van der Waals surface area contributed by atoms with Gasteiger partial charge in [-0.2, -0.15) is 0 Å². The van der Waals surface area contributed by atoms with Gasteiger partial charge in [-0.25, -0.2) is 13.6 Å². The predicted molar refractivity (Wildman–Crippen MR) is 98.5 cm³/mol. The Morgan fingerprint density at radius 3 is 2.21 bits per heavy atom. The largest absolute Gasteiger partial charge is 0.445 e. The van der Waals surface area contributed by atoms with Crippen molar-refractivity contribution in [2.24, 2.45) is 0 Å². The molecule has 4 rings (SSSR count). The number of alkyl halides is 2. The molecule has 2 heterocycles. The summed E-state index contributed by atoms with van der Waals surface area (Å²) < 4.78 is 34.2. The summed E-state index contributed by atoms with van der Waals surface area (Å²) in [5.41, 5.74) is 1.08.